The lowest BCUT2D eigenvalue weighted by Gasteiger charge is -2.02. The minimum absolute atomic E-state index is 0.0904. The summed E-state index contributed by atoms with van der Waals surface area (Å²) in [5, 5.41) is 12.9. The van der Waals surface area contributed by atoms with Gasteiger partial charge in [0, 0.05) is 17.2 Å². The van der Waals surface area contributed by atoms with Crippen molar-refractivity contribution in [3.8, 4) is 11.3 Å². The average Bonchev–Trinajstić information content (AvgIpc) is 2.97. The molecule has 0 amide bonds. The lowest BCUT2D eigenvalue weighted by Crippen LogP contribution is -2.15. The van der Waals surface area contributed by atoms with Crippen molar-refractivity contribution in [2.75, 3.05) is 0 Å². The number of aromatic nitrogens is 3. The van der Waals surface area contributed by atoms with Crippen molar-refractivity contribution in [3.05, 3.63) is 88.6 Å². The first-order valence-corrected chi connectivity index (χ1v) is 7.92. The lowest BCUT2D eigenvalue weighted by molar-refractivity contribution is 0.432. The maximum atomic E-state index is 12.5. The molecular weight excluding hydrogens is 314 g/mol. The van der Waals surface area contributed by atoms with Crippen LogP contribution in [-0.4, -0.2) is 19.7 Å². The summed E-state index contributed by atoms with van der Waals surface area (Å²) in [6, 6.07) is 11.2. The zero-order valence-electron chi connectivity index (χ0n) is 14.2. The summed E-state index contributed by atoms with van der Waals surface area (Å²) in [6.07, 6.45) is 4.66. The van der Waals surface area contributed by atoms with Crippen LogP contribution in [0, 0.1) is 6.92 Å². The summed E-state index contributed by atoms with van der Waals surface area (Å²) in [7, 11) is 0. The molecule has 0 unspecified atom stereocenters. The number of aliphatic hydroxyl groups is 1. The van der Waals surface area contributed by atoms with Gasteiger partial charge < -0.3 is 5.11 Å². The van der Waals surface area contributed by atoms with Gasteiger partial charge in [-0.15, -0.1) is 0 Å². The topological polar surface area (TPSA) is 70.4 Å². The zero-order chi connectivity index (χ0) is 18.0. The molecule has 2 heterocycles. The number of nitrogens with zero attached hydrogens (tertiary/aromatic N) is 2. The van der Waals surface area contributed by atoms with E-state index in [0.29, 0.717) is 16.9 Å². The summed E-state index contributed by atoms with van der Waals surface area (Å²) < 4.78 is 1.43. The Kier molecular flexibility index (Phi) is 4.39. The molecule has 0 spiro atoms. The van der Waals surface area contributed by atoms with E-state index < -0.39 is 0 Å². The van der Waals surface area contributed by atoms with Crippen LogP contribution in [0.4, 0.5) is 0 Å². The largest absolute Gasteiger partial charge is 0.508 e. The lowest BCUT2D eigenvalue weighted by atomic mass is 10.1. The van der Waals surface area contributed by atoms with Crippen LogP contribution in [0.2, 0.25) is 0 Å². The summed E-state index contributed by atoms with van der Waals surface area (Å²) in [4.78, 5) is 17.1. The first-order chi connectivity index (χ1) is 12.0. The molecule has 0 aliphatic carbocycles. The highest BCUT2D eigenvalue weighted by Gasteiger charge is 2.14. The number of fused-ring (bicyclic) bond motifs is 1. The van der Waals surface area contributed by atoms with Gasteiger partial charge in [-0.2, -0.15) is 0 Å². The number of rotatable bonds is 4. The van der Waals surface area contributed by atoms with Crippen molar-refractivity contribution in [2.45, 2.75) is 13.8 Å². The Balaban J connectivity index is 2.24. The third-order valence-corrected chi connectivity index (χ3v) is 4.03. The molecule has 25 heavy (non-hydrogen) atoms. The summed E-state index contributed by atoms with van der Waals surface area (Å²) >= 11 is 0. The highest BCUT2D eigenvalue weighted by atomic mass is 16.3. The van der Waals surface area contributed by atoms with Crippen LogP contribution in [0.5, 0.6) is 0 Å². The molecule has 0 aliphatic heterocycles. The van der Waals surface area contributed by atoms with Crippen LogP contribution < -0.4 is 5.56 Å². The van der Waals surface area contributed by atoms with Crippen LogP contribution in [0.1, 0.15) is 18.2 Å². The van der Waals surface area contributed by atoms with Gasteiger partial charge in [-0.25, -0.2) is 9.50 Å². The number of benzene rings is 1. The number of aromatic amines is 1. The number of aliphatic hydroxyl groups excluding tert-OH is 1. The van der Waals surface area contributed by atoms with E-state index in [0.717, 1.165) is 16.8 Å². The van der Waals surface area contributed by atoms with Crippen molar-refractivity contribution in [1.29, 1.82) is 0 Å². The predicted octanol–water partition coefficient (Wildman–Crippen LogP) is 4.03. The molecule has 5 heteroatoms. The van der Waals surface area contributed by atoms with Crippen molar-refractivity contribution >= 4 is 11.2 Å². The number of hydrogen-bond acceptors (Lipinski definition) is 3. The molecule has 0 saturated carbocycles. The number of allylic oxidation sites excluding steroid dienone is 4. The zero-order valence-corrected chi connectivity index (χ0v) is 14.2. The summed E-state index contributed by atoms with van der Waals surface area (Å²) in [6.45, 7) is 7.39. The molecule has 0 radical (unpaired) electrons. The molecule has 126 valence electrons. The smallest absolute Gasteiger partial charge is 0.273 e. The van der Waals surface area contributed by atoms with E-state index in [4.69, 9.17) is 0 Å². The monoisotopic (exact) mass is 333 g/mol. The van der Waals surface area contributed by atoms with Crippen molar-refractivity contribution in [1.82, 2.24) is 14.6 Å². The summed E-state index contributed by atoms with van der Waals surface area (Å²) in [5.74, 6) is 0.0904. The number of aryl methyl sites for hydroxylation is 1. The van der Waals surface area contributed by atoms with E-state index in [9.17, 15) is 9.90 Å². The molecule has 3 aromatic rings. The Labute approximate surface area is 145 Å². The fraction of sp³-hybridized carbons (Fsp3) is 0.100. The Bertz CT molecular complexity index is 1050. The molecule has 5 nitrogen and oxygen atoms in total. The standard InChI is InChI=1S/C20H19N3O2/c1-4-14(11-16(24)5-2)17-12-18(25)23-20(21-17)13(3)19(22-23)15-9-7-6-8-10-15/h4-12,22,24H,1H2,2-3H3/b14-11+,16-5+. The first-order valence-electron chi connectivity index (χ1n) is 7.92. The van der Waals surface area contributed by atoms with Crippen LogP contribution >= 0.6 is 0 Å². The molecule has 2 aromatic heterocycles. The average molecular weight is 333 g/mol. The van der Waals surface area contributed by atoms with Crippen molar-refractivity contribution in [3.63, 3.8) is 0 Å². The highest BCUT2D eigenvalue weighted by Crippen LogP contribution is 2.24. The molecule has 0 atom stereocenters. The Morgan fingerprint density at radius 3 is 2.68 bits per heavy atom. The fourth-order valence-electron chi connectivity index (χ4n) is 2.66. The van der Waals surface area contributed by atoms with Crippen molar-refractivity contribution in [2.24, 2.45) is 0 Å². The Morgan fingerprint density at radius 1 is 1.32 bits per heavy atom. The van der Waals surface area contributed by atoms with Gasteiger partial charge in [0.2, 0.25) is 0 Å². The number of nitrogens with one attached hydrogen (secondary N) is 1. The maximum absolute atomic E-state index is 12.5. The van der Waals surface area contributed by atoms with Gasteiger partial charge in [0.1, 0.15) is 5.76 Å². The first kappa shape index (κ1) is 16.5. The van der Waals surface area contributed by atoms with Gasteiger partial charge in [0.25, 0.3) is 5.56 Å². The van der Waals surface area contributed by atoms with Gasteiger partial charge in [-0.3, -0.25) is 9.89 Å². The second-order valence-electron chi connectivity index (χ2n) is 5.63. The Morgan fingerprint density at radius 2 is 2.04 bits per heavy atom. The van der Waals surface area contributed by atoms with Gasteiger partial charge in [-0.1, -0.05) is 43.0 Å². The SMILES string of the molecule is C=C/C(=C\C(O)=C/C)c1cc(=O)n2[nH]c(-c3ccccc3)c(C)c2n1. The molecule has 1 aromatic carbocycles. The van der Waals surface area contributed by atoms with E-state index in [1.165, 1.54) is 16.7 Å². The second-order valence-corrected chi connectivity index (χ2v) is 5.63. The highest BCUT2D eigenvalue weighted by molar-refractivity contribution is 5.76. The molecule has 0 bridgehead atoms. The predicted molar refractivity (Wildman–Crippen MR) is 101 cm³/mol. The minimum Gasteiger partial charge on any atom is -0.508 e. The van der Waals surface area contributed by atoms with Gasteiger partial charge in [0.15, 0.2) is 5.65 Å². The van der Waals surface area contributed by atoms with E-state index >= 15 is 0 Å². The normalized spacial score (nSPS) is 12.6. The molecular formula is C20H19N3O2. The Hall–Kier alpha value is -3.34. The quantitative estimate of drug-likeness (QED) is 0.559. The van der Waals surface area contributed by atoms with Crippen molar-refractivity contribution < 1.29 is 5.11 Å². The third kappa shape index (κ3) is 3.04. The van der Waals surface area contributed by atoms with E-state index in [-0.39, 0.29) is 11.3 Å². The van der Waals surface area contributed by atoms with Crippen LogP contribution in [0.3, 0.4) is 0 Å². The van der Waals surface area contributed by atoms with E-state index in [1.807, 2.05) is 37.3 Å². The molecule has 0 fully saturated rings. The van der Waals surface area contributed by atoms with E-state index in [2.05, 4.69) is 16.7 Å². The van der Waals surface area contributed by atoms with Crippen LogP contribution in [0.25, 0.3) is 22.5 Å². The van der Waals surface area contributed by atoms with Crippen LogP contribution in [0.15, 0.2) is 71.8 Å². The molecule has 0 saturated heterocycles. The number of hydrogen-bond donors (Lipinski definition) is 2. The van der Waals surface area contributed by atoms with Gasteiger partial charge >= 0.3 is 0 Å². The molecule has 3 rings (SSSR count). The van der Waals surface area contributed by atoms with Crippen LogP contribution in [-0.2, 0) is 0 Å². The van der Waals surface area contributed by atoms with Gasteiger partial charge in [-0.05, 0) is 31.6 Å². The second kappa shape index (κ2) is 6.65. The number of H-pyrrole nitrogens is 1. The summed E-state index contributed by atoms with van der Waals surface area (Å²) in [5.41, 5.74) is 4.09. The third-order valence-electron chi connectivity index (χ3n) is 4.03. The molecule has 2 N–H and O–H groups in total. The minimum atomic E-state index is -0.224. The van der Waals surface area contributed by atoms with E-state index in [1.54, 1.807) is 19.1 Å². The van der Waals surface area contributed by atoms with Gasteiger partial charge in [0.05, 0.1) is 11.4 Å². The maximum Gasteiger partial charge on any atom is 0.273 e. The molecule has 0 aliphatic rings. The fourth-order valence-corrected chi connectivity index (χ4v) is 2.66.